The number of hydrogen-bond donors (Lipinski definition) is 4. The molecule has 1 fully saturated rings. The van der Waals surface area contributed by atoms with Gasteiger partial charge in [-0.3, -0.25) is 4.84 Å². The fraction of sp³-hybridized carbons (Fsp3) is 1.00. The van der Waals surface area contributed by atoms with E-state index in [0.717, 1.165) is 13.1 Å². The van der Waals surface area contributed by atoms with Crippen LogP contribution >= 0.6 is 11.6 Å². The van der Waals surface area contributed by atoms with Crippen molar-refractivity contribution in [3.8, 4) is 0 Å². The molecule has 0 aliphatic carbocycles. The molecule has 0 unspecified atom stereocenters. The third-order valence-corrected chi connectivity index (χ3v) is 0.949. The maximum Gasteiger partial charge on any atom is 0.142 e. The summed E-state index contributed by atoms with van der Waals surface area (Å²) in [7, 11) is 1.51. The van der Waals surface area contributed by atoms with Crippen LogP contribution in [-0.2, 0) is 9.68 Å². The monoisotopic (exact) mass is 202 g/mol. The van der Waals surface area contributed by atoms with E-state index in [2.05, 4.69) is 26.8 Å². The third kappa shape index (κ3) is 16.6. The van der Waals surface area contributed by atoms with Gasteiger partial charge in [0.25, 0.3) is 0 Å². The lowest BCUT2D eigenvalue weighted by molar-refractivity contribution is -0.679. The number of alkyl halides is 1. The van der Waals surface area contributed by atoms with E-state index >= 15 is 0 Å². The highest BCUT2D eigenvalue weighted by molar-refractivity contribution is 6.17. The fourth-order valence-corrected chi connectivity index (χ4v) is 0.273. The Morgan fingerprint density at radius 1 is 1.75 bits per heavy atom. The molecule has 0 saturated carbocycles. The minimum atomic E-state index is -0.0463. The van der Waals surface area contributed by atoms with E-state index in [1.54, 1.807) is 0 Å². The van der Waals surface area contributed by atoms with E-state index in [0.29, 0.717) is 0 Å². The molecular formula is C5H17ClN3O3+. The van der Waals surface area contributed by atoms with Crippen molar-refractivity contribution in [2.24, 2.45) is 5.90 Å². The first kappa shape index (κ1) is 14.6. The van der Waals surface area contributed by atoms with E-state index in [-0.39, 0.29) is 12.2 Å². The Kier molecular flexibility index (Phi) is 16.5. The normalized spacial score (nSPS) is 14.8. The van der Waals surface area contributed by atoms with Crippen molar-refractivity contribution in [1.82, 2.24) is 5.32 Å². The van der Waals surface area contributed by atoms with Crippen LogP contribution in [0.3, 0.4) is 0 Å². The molecule has 1 aliphatic heterocycles. The summed E-state index contributed by atoms with van der Waals surface area (Å²) in [5.41, 5.74) is 0. The van der Waals surface area contributed by atoms with Crippen LogP contribution in [0.2, 0.25) is 0 Å². The van der Waals surface area contributed by atoms with Gasteiger partial charge in [-0.25, -0.2) is 16.6 Å². The summed E-state index contributed by atoms with van der Waals surface area (Å²) in [6.45, 7) is 1.58. The lowest BCUT2D eigenvalue weighted by Gasteiger charge is -2.20. The van der Waals surface area contributed by atoms with E-state index in [9.17, 15) is 0 Å². The fourth-order valence-electron chi connectivity index (χ4n) is 0.273. The third-order valence-electron chi connectivity index (χ3n) is 0.823. The largest absolute Gasteiger partial charge is 0.390 e. The van der Waals surface area contributed by atoms with Gasteiger partial charge in [0.05, 0.1) is 13.2 Å². The minimum absolute atomic E-state index is 0.0463. The molecule has 1 heterocycles. The number of halogens is 1. The van der Waals surface area contributed by atoms with Crippen LogP contribution in [0.4, 0.5) is 0 Å². The first-order chi connectivity index (χ1) is 5.72. The molecule has 1 saturated heterocycles. The second-order valence-electron chi connectivity index (χ2n) is 1.88. The SMILES string of the molecule is CO[NH3+].NOCCl.OC1CNC1. The van der Waals surface area contributed by atoms with Crippen LogP contribution in [0.5, 0.6) is 0 Å². The zero-order valence-corrected chi connectivity index (χ0v) is 7.88. The number of β-amino-alcohol motifs (C(OH)–C–C–N with tert-alkyl or cyclic N) is 1. The van der Waals surface area contributed by atoms with Crippen molar-refractivity contribution in [3.63, 3.8) is 0 Å². The summed E-state index contributed by atoms with van der Waals surface area (Å²) >= 11 is 4.84. The highest BCUT2D eigenvalue weighted by Gasteiger charge is 2.10. The van der Waals surface area contributed by atoms with Gasteiger partial charge in [-0.05, 0) is 0 Å². The van der Waals surface area contributed by atoms with Crippen molar-refractivity contribution in [1.29, 1.82) is 0 Å². The lowest BCUT2D eigenvalue weighted by Crippen LogP contribution is -2.46. The molecule has 12 heavy (non-hydrogen) atoms. The summed E-state index contributed by atoms with van der Waals surface area (Å²) in [6.07, 6.45) is -0.0463. The average Bonchev–Trinajstić information content (AvgIpc) is 2.03. The van der Waals surface area contributed by atoms with Gasteiger partial charge in [0.15, 0.2) is 0 Å². The Bertz CT molecular complexity index is 73.0. The van der Waals surface area contributed by atoms with Crippen LogP contribution in [0.1, 0.15) is 0 Å². The maximum absolute atomic E-state index is 8.39. The highest BCUT2D eigenvalue weighted by atomic mass is 35.5. The predicted octanol–water partition coefficient (Wildman–Crippen LogP) is -2.19. The predicted molar refractivity (Wildman–Crippen MR) is 44.8 cm³/mol. The van der Waals surface area contributed by atoms with E-state index in [1.165, 1.54) is 7.11 Å². The Morgan fingerprint density at radius 2 is 2.00 bits per heavy atom. The van der Waals surface area contributed by atoms with Gasteiger partial charge in [-0.1, -0.05) is 11.6 Å². The molecule has 0 radical (unpaired) electrons. The topological polar surface area (TPSA) is 104 Å². The molecule has 7 N–H and O–H groups in total. The smallest absolute Gasteiger partial charge is 0.142 e. The van der Waals surface area contributed by atoms with Crippen molar-refractivity contribution in [2.75, 3.05) is 26.3 Å². The van der Waals surface area contributed by atoms with E-state index in [1.807, 2.05) is 0 Å². The Hall–Kier alpha value is 0.0500. The molecule has 0 atom stereocenters. The lowest BCUT2D eigenvalue weighted by atomic mass is 10.2. The second kappa shape index (κ2) is 13.6. The summed E-state index contributed by atoms with van der Waals surface area (Å²) in [6, 6.07) is 0.0694. The zero-order chi connectivity index (χ0) is 9.82. The Morgan fingerprint density at radius 3 is 2.00 bits per heavy atom. The number of hydrogen-bond acceptors (Lipinski definition) is 5. The van der Waals surface area contributed by atoms with Crippen LogP contribution in [0, 0.1) is 0 Å². The molecule has 6 nitrogen and oxygen atoms in total. The molecule has 0 bridgehead atoms. The average molecular weight is 203 g/mol. The first-order valence-corrected chi connectivity index (χ1v) is 3.80. The standard InChI is InChI=1S/C3H7NO.CH4ClNO.CH6NO/c5-3-1-4-2-3;2-1-4-3;1-3-2/h3-5H,1-2H2;1,3H2;1-2H3/q;;+1. The minimum Gasteiger partial charge on any atom is -0.390 e. The van der Waals surface area contributed by atoms with Gasteiger partial charge < -0.3 is 10.4 Å². The molecule has 0 spiro atoms. The van der Waals surface area contributed by atoms with Crippen LogP contribution in [-0.4, -0.2) is 37.5 Å². The zero-order valence-electron chi connectivity index (χ0n) is 7.12. The summed E-state index contributed by atoms with van der Waals surface area (Å²) < 4.78 is 0. The summed E-state index contributed by atoms with van der Waals surface area (Å²) in [5.74, 6) is 7.38. The number of aliphatic hydroxyl groups excluding tert-OH is 1. The van der Waals surface area contributed by atoms with Crippen LogP contribution in [0.25, 0.3) is 0 Å². The summed E-state index contributed by atoms with van der Waals surface area (Å²) in [4.78, 5) is 7.81. The van der Waals surface area contributed by atoms with Crippen molar-refractivity contribution in [2.45, 2.75) is 6.10 Å². The van der Waals surface area contributed by atoms with Gasteiger partial charge in [-0.2, -0.15) is 0 Å². The quantitative estimate of drug-likeness (QED) is 0.286. The number of rotatable bonds is 1. The van der Waals surface area contributed by atoms with E-state index < -0.39 is 0 Å². The Balaban J connectivity index is 0. The second-order valence-corrected chi connectivity index (χ2v) is 2.09. The molecule has 7 heteroatoms. The van der Waals surface area contributed by atoms with Gasteiger partial charge in [0.2, 0.25) is 0 Å². The molecule has 1 rings (SSSR count). The van der Waals surface area contributed by atoms with Crippen molar-refractivity contribution < 1.29 is 20.7 Å². The maximum atomic E-state index is 8.39. The number of nitrogens with two attached hydrogens (primary N) is 1. The molecule has 76 valence electrons. The Labute approximate surface area is 76.7 Å². The molecule has 0 amide bonds. The van der Waals surface area contributed by atoms with Gasteiger partial charge in [0.1, 0.15) is 6.07 Å². The van der Waals surface area contributed by atoms with Gasteiger partial charge >= 0.3 is 0 Å². The highest BCUT2D eigenvalue weighted by Crippen LogP contribution is 1.85. The molecular weight excluding hydrogens is 186 g/mol. The number of nitrogens with one attached hydrogen (secondary N) is 1. The number of aliphatic hydroxyl groups is 1. The summed E-state index contributed by atoms with van der Waals surface area (Å²) in [5, 5.41) is 11.3. The van der Waals surface area contributed by atoms with E-state index in [4.69, 9.17) is 16.7 Å². The van der Waals surface area contributed by atoms with Gasteiger partial charge in [0, 0.05) is 13.1 Å². The molecule has 0 aromatic heterocycles. The molecule has 1 aliphatic rings. The van der Waals surface area contributed by atoms with Crippen molar-refractivity contribution in [3.05, 3.63) is 0 Å². The van der Waals surface area contributed by atoms with Crippen LogP contribution in [0.15, 0.2) is 0 Å². The van der Waals surface area contributed by atoms with Crippen molar-refractivity contribution >= 4 is 11.6 Å². The van der Waals surface area contributed by atoms with Crippen LogP contribution < -0.4 is 17.1 Å². The van der Waals surface area contributed by atoms with Gasteiger partial charge in [-0.15, -0.1) is 0 Å². The first-order valence-electron chi connectivity index (χ1n) is 3.27. The molecule has 0 aromatic rings. The molecule has 0 aromatic carbocycles. The number of quaternary nitrogens is 1.